The van der Waals surface area contributed by atoms with Crippen LogP contribution in [0.5, 0.6) is 0 Å². The lowest BCUT2D eigenvalue weighted by Crippen LogP contribution is -2.15. The third-order valence-electron chi connectivity index (χ3n) is 1.74. The second-order valence-corrected chi connectivity index (χ2v) is 2.63. The minimum Gasteiger partial charge on any atom is -0.461 e. The zero-order chi connectivity index (χ0) is 8.43. The molecule has 0 radical (unpaired) electrons. The molecule has 3 heteroatoms. The first-order chi connectivity index (χ1) is 5.16. The number of Topliss-reactive ketones (excluding diaryl/α,β-unsaturated/α-hetero) is 1. The molecule has 62 valence electrons. The van der Waals surface area contributed by atoms with Crippen molar-refractivity contribution in [1.29, 1.82) is 0 Å². The smallest absolute Gasteiger partial charge is 0.261 e. The van der Waals surface area contributed by atoms with Crippen molar-refractivity contribution in [3.8, 4) is 0 Å². The van der Waals surface area contributed by atoms with E-state index in [0.717, 1.165) is 12.8 Å². The van der Waals surface area contributed by atoms with Gasteiger partial charge in [-0.05, 0) is 13.3 Å². The Labute approximate surface area is 65.7 Å². The molecule has 0 fully saturated rings. The molecule has 1 aliphatic heterocycles. The van der Waals surface area contributed by atoms with Gasteiger partial charge in [-0.1, -0.05) is 6.92 Å². The Balaban J connectivity index is 2.72. The Morgan fingerprint density at radius 1 is 1.64 bits per heavy atom. The Hall–Kier alpha value is -0.830. The molecule has 11 heavy (non-hydrogen) atoms. The summed E-state index contributed by atoms with van der Waals surface area (Å²) in [7, 11) is 0. The number of ketones is 1. The molecule has 0 amide bonds. The highest BCUT2D eigenvalue weighted by molar-refractivity contribution is 5.99. The number of rotatable bonds is 2. The van der Waals surface area contributed by atoms with Gasteiger partial charge in [-0.25, -0.2) is 0 Å². The monoisotopic (exact) mass is 156 g/mol. The van der Waals surface area contributed by atoms with E-state index in [4.69, 9.17) is 9.84 Å². The van der Waals surface area contributed by atoms with Crippen LogP contribution in [0, 0.1) is 0 Å². The number of hydrogen-bond donors (Lipinski definition) is 1. The molecule has 0 bridgehead atoms. The highest BCUT2D eigenvalue weighted by Crippen LogP contribution is 2.23. The Kier molecular flexibility index (Phi) is 2.29. The number of ether oxygens (including phenoxy) is 1. The molecule has 0 aliphatic carbocycles. The van der Waals surface area contributed by atoms with Gasteiger partial charge >= 0.3 is 0 Å². The molecule has 3 nitrogen and oxygen atoms in total. The van der Waals surface area contributed by atoms with Crippen molar-refractivity contribution in [3.63, 3.8) is 0 Å². The lowest BCUT2D eigenvalue weighted by molar-refractivity contribution is -0.138. The molecular weight excluding hydrogens is 144 g/mol. The van der Waals surface area contributed by atoms with Crippen LogP contribution in [0.3, 0.4) is 0 Å². The molecule has 0 saturated carbocycles. The first kappa shape index (κ1) is 8.27. The first-order valence-corrected chi connectivity index (χ1v) is 3.75. The fraction of sp³-hybridized carbons (Fsp3) is 0.625. The second-order valence-electron chi connectivity index (χ2n) is 2.63. The lowest BCUT2D eigenvalue weighted by atomic mass is 10.1. The average molecular weight is 156 g/mol. The van der Waals surface area contributed by atoms with E-state index in [1.54, 1.807) is 6.92 Å². The minimum atomic E-state index is -1.24. The number of carbonyl (C=O) groups is 1. The van der Waals surface area contributed by atoms with Crippen molar-refractivity contribution in [2.24, 2.45) is 0 Å². The van der Waals surface area contributed by atoms with Gasteiger partial charge in [0.25, 0.3) is 6.29 Å². The molecular formula is C8H12O3. The van der Waals surface area contributed by atoms with Crippen LogP contribution in [0.25, 0.3) is 0 Å². The van der Waals surface area contributed by atoms with E-state index in [0.29, 0.717) is 11.3 Å². The Morgan fingerprint density at radius 3 is 2.64 bits per heavy atom. The number of carbonyl (C=O) groups excluding carboxylic acids is 1. The van der Waals surface area contributed by atoms with Gasteiger partial charge in [0.05, 0.1) is 0 Å². The van der Waals surface area contributed by atoms with Crippen LogP contribution in [0.1, 0.15) is 26.7 Å². The normalized spacial score (nSPS) is 24.3. The zero-order valence-electron chi connectivity index (χ0n) is 6.76. The van der Waals surface area contributed by atoms with Crippen molar-refractivity contribution in [1.82, 2.24) is 0 Å². The second kappa shape index (κ2) is 3.05. The van der Waals surface area contributed by atoms with Gasteiger partial charge in [-0.15, -0.1) is 0 Å². The van der Waals surface area contributed by atoms with Crippen molar-refractivity contribution in [3.05, 3.63) is 11.3 Å². The Bertz CT molecular complexity index is 205. The van der Waals surface area contributed by atoms with Crippen molar-refractivity contribution < 1.29 is 14.6 Å². The van der Waals surface area contributed by atoms with Crippen LogP contribution >= 0.6 is 0 Å². The maximum atomic E-state index is 11.0. The van der Waals surface area contributed by atoms with Crippen molar-refractivity contribution in [2.45, 2.75) is 33.0 Å². The van der Waals surface area contributed by atoms with Crippen molar-refractivity contribution in [2.75, 3.05) is 0 Å². The number of aliphatic hydroxyl groups excluding tert-OH is 1. The van der Waals surface area contributed by atoms with E-state index in [1.165, 1.54) is 0 Å². The number of hydrogen-bond acceptors (Lipinski definition) is 3. The molecule has 0 aromatic heterocycles. The highest BCUT2D eigenvalue weighted by Gasteiger charge is 2.29. The van der Waals surface area contributed by atoms with E-state index in [1.807, 2.05) is 6.92 Å². The van der Waals surface area contributed by atoms with E-state index in [9.17, 15) is 4.79 Å². The summed E-state index contributed by atoms with van der Waals surface area (Å²) in [6.07, 6.45) is 0.415. The van der Waals surface area contributed by atoms with Gasteiger partial charge in [-0.2, -0.15) is 0 Å². The van der Waals surface area contributed by atoms with Gasteiger partial charge in [-0.3, -0.25) is 4.79 Å². The van der Waals surface area contributed by atoms with Crippen LogP contribution in [0.4, 0.5) is 0 Å². The topological polar surface area (TPSA) is 46.5 Å². The summed E-state index contributed by atoms with van der Waals surface area (Å²) in [4.78, 5) is 11.0. The predicted molar refractivity (Wildman–Crippen MR) is 39.7 cm³/mol. The molecule has 0 aromatic rings. The van der Waals surface area contributed by atoms with Crippen LogP contribution < -0.4 is 0 Å². The zero-order valence-corrected chi connectivity index (χ0v) is 6.76. The maximum absolute atomic E-state index is 11.0. The summed E-state index contributed by atoms with van der Waals surface area (Å²) in [5, 5.41) is 8.95. The van der Waals surface area contributed by atoms with E-state index >= 15 is 0 Å². The van der Waals surface area contributed by atoms with Gasteiger partial charge in [0, 0.05) is 12.0 Å². The quantitative estimate of drug-likeness (QED) is 0.648. The molecule has 1 N–H and O–H groups in total. The van der Waals surface area contributed by atoms with Crippen LogP contribution in [0.2, 0.25) is 0 Å². The fourth-order valence-electron chi connectivity index (χ4n) is 1.07. The van der Waals surface area contributed by atoms with Gasteiger partial charge in [0.2, 0.25) is 5.78 Å². The van der Waals surface area contributed by atoms with Crippen molar-refractivity contribution >= 4 is 5.78 Å². The molecule has 0 aromatic carbocycles. The van der Waals surface area contributed by atoms with E-state index in [-0.39, 0.29) is 5.78 Å². The minimum absolute atomic E-state index is 0.298. The molecule has 0 spiro atoms. The van der Waals surface area contributed by atoms with Gasteiger partial charge < -0.3 is 9.84 Å². The number of aliphatic hydroxyl groups is 1. The summed E-state index contributed by atoms with van der Waals surface area (Å²) >= 11 is 0. The SMILES string of the molecule is CCCC1=C(C)C(=O)[C@H](O)O1. The highest BCUT2D eigenvalue weighted by atomic mass is 16.6. The third kappa shape index (κ3) is 1.43. The van der Waals surface area contributed by atoms with Gasteiger partial charge in [0.15, 0.2) is 0 Å². The molecule has 1 heterocycles. The summed E-state index contributed by atoms with van der Waals surface area (Å²) in [5.74, 6) is 0.346. The summed E-state index contributed by atoms with van der Waals surface area (Å²) in [5.41, 5.74) is 0.569. The largest absolute Gasteiger partial charge is 0.461 e. The lowest BCUT2D eigenvalue weighted by Gasteiger charge is -2.03. The van der Waals surface area contributed by atoms with E-state index in [2.05, 4.69) is 0 Å². The third-order valence-corrected chi connectivity index (χ3v) is 1.74. The summed E-state index contributed by atoms with van der Waals surface area (Å²) in [6.45, 7) is 3.68. The van der Waals surface area contributed by atoms with Crippen LogP contribution in [-0.4, -0.2) is 17.2 Å². The standard InChI is InChI=1S/C8H12O3/c1-3-4-6-5(2)7(9)8(10)11-6/h8,10H,3-4H2,1-2H3/t8-/m1/s1. The summed E-state index contributed by atoms with van der Waals surface area (Å²) in [6, 6.07) is 0. The molecule has 0 saturated heterocycles. The Morgan fingerprint density at radius 2 is 2.27 bits per heavy atom. The average Bonchev–Trinajstić information content (AvgIpc) is 2.19. The molecule has 1 atom stereocenters. The van der Waals surface area contributed by atoms with Crippen LogP contribution in [-0.2, 0) is 9.53 Å². The first-order valence-electron chi connectivity index (χ1n) is 3.75. The molecule has 1 aliphatic rings. The molecule has 1 rings (SSSR count). The summed E-state index contributed by atoms with van der Waals surface area (Å²) < 4.78 is 4.91. The predicted octanol–water partition coefficient (Wildman–Crippen LogP) is 0.978. The van der Waals surface area contributed by atoms with Crippen LogP contribution in [0.15, 0.2) is 11.3 Å². The maximum Gasteiger partial charge on any atom is 0.261 e. The van der Waals surface area contributed by atoms with E-state index < -0.39 is 6.29 Å². The van der Waals surface area contributed by atoms with Gasteiger partial charge in [0.1, 0.15) is 5.76 Å². The fourth-order valence-corrected chi connectivity index (χ4v) is 1.07. The number of allylic oxidation sites excluding steroid dienone is 1. The molecule has 0 unspecified atom stereocenters.